The van der Waals surface area contributed by atoms with Gasteiger partial charge in [-0.15, -0.1) is 0 Å². The Hall–Kier alpha value is -0.740. The summed E-state index contributed by atoms with van der Waals surface area (Å²) in [5.41, 5.74) is 0. The predicted molar refractivity (Wildman–Crippen MR) is 108 cm³/mol. The Kier molecular flexibility index (Phi) is 6.56. The van der Waals surface area contributed by atoms with Crippen LogP contribution in [0.4, 0.5) is 0 Å². The number of amides is 1. The lowest BCUT2D eigenvalue weighted by atomic mass is 9.88. The van der Waals surface area contributed by atoms with Gasteiger partial charge in [-0.3, -0.25) is 20.3 Å². The molecule has 2 N–H and O–H groups in total. The number of nitrogens with zero attached hydrogens (tertiary/aromatic N) is 3. The molecule has 160 valence electrons. The fourth-order valence-corrected chi connectivity index (χ4v) is 7.41. The van der Waals surface area contributed by atoms with Gasteiger partial charge in [0.2, 0.25) is 15.9 Å². The van der Waals surface area contributed by atoms with E-state index in [1.54, 1.807) is 0 Å². The van der Waals surface area contributed by atoms with Crippen molar-refractivity contribution in [2.45, 2.75) is 56.5 Å². The predicted octanol–water partition coefficient (Wildman–Crippen LogP) is -0.0185. The molecular formula is C19H35N5O3S. The topological polar surface area (TPSA) is 85.0 Å². The van der Waals surface area contributed by atoms with E-state index in [1.165, 1.54) is 10.7 Å². The Bertz CT molecular complexity index is 644. The number of hydrogen-bond donors (Lipinski definition) is 2. The van der Waals surface area contributed by atoms with Gasteiger partial charge in [-0.2, -0.15) is 0 Å². The summed E-state index contributed by atoms with van der Waals surface area (Å²) < 4.78 is 26.6. The van der Waals surface area contributed by atoms with Gasteiger partial charge in [-0.05, 0) is 51.7 Å². The summed E-state index contributed by atoms with van der Waals surface area (Å²) in [6, 6.07) is 0. The number of sulfonamides is 1. The van der Waals surface area contributed by atoms with Crippen molar-refractivity contribution in [2.75, 3.05) is 52.4 Å². The molecule has 8 nitrogen and oxygen atoms in total. The zero-order valence-corrected chi connectivity index (χ0v) is 17.6. The number of fused-ring (bicyclic) bond motifs is 1. The first-order chi connectivity index (χ1) is 13.6. The highest BCUT2D eigenvalue weighted by Crippen LogP contribution is 2.38. The molecule has 0 aromatic carbocycles. The third-order valence-electron chi connectivity index (χ3n) is 6.84. The summed E-state index contributed by atoms with van der Waals surface area (Å²) in [6.07, 6.45) is 6.51. The fourth-order valence-electron chi connectivity index (χ4n) is 5.18. The summed E-state index contributed by atoms with van der Waals surface area (Å²) in [5.74, 6) is -0.403. The Morgan fingerprint density at radius 1 is 0.893 bits per heavy atom. The number of carbonyl (C=O) groups is 1. The highest BCUT2D eigenvalue weighted by molar-refractivity contribution is 7.90. The Morgan fingerprint density at radius 2 is 1.57 bits per heavy atom. The molecule has 1 aliphatic carbocycles. The normalized spacial score (nSPS) is 32.6. The van der Waals surface area contributed by atoms with Crippen LogP contribution in [0.3, 0.4) is 0 Å². The number of unbranched alkanes of at least 4 members (excludes halogenated alkanes) is 1. The molecule has 2 unspecified atom stereocenters. The molecule has 0 aromatic rings. The lowest BCUT2D eigenvalue weighted by Gasteiger charge is -2.41. The first kappa shape index (κ1) is 20.5. The molecule has 28 heavy (non-hydrogen) atoms. The first-order valence-electron chi connectivity index (χ1n) is 11.1. The van der Waals surface area contributed by atoms with Gasteiger partial charge in [-0.1, -0.05) is 12.8 Å². The molecule has 9 heteroatoms. The van der Waals surface area contributed by atoms with E-state index in [0.29, 0.717) is 19.3 Å². The molecule has 3 heterocycles. The van der Waals surface area contributed by atoms with E-state index in [-0.39, 0.29) is 11.8 Å². The maximum absolute atomic E-state index is 12.7. The van der Waals surface area contributed by atoms with Crippen LogP contribution in [0.25, 0.3) is 0 Å². The van der Waals surface area contributed by atoms with Gasteiger partial charge in [0, 0.05) is 32.7 Å². The van der Waals surface area contributed by atoms with Gasteiger partial charge >= 0.3 is 0 Å². The third kappa shape index (κ3) is 4.23. The van der Waals surface area contributed by atoms with Gasteiger partial charge in [0.05, 0.1) is 11.2 Å². The van der Waals surface area contributed by atoms with E-state index in [0.717, 1.165) is 77.9 Å². The Labute approximate surface area is 169 Å². The highest BCUT2D eigenvalue weighted by Gasteiger charge is 2.52. The zero-order valence-electron chi connectivity index (χ0n) is 16.8. The van der Waals surface area contributed by atoms with Gasteiger partial charge in [-0.25, -0.2) is 12.7 Å². The maximum atomic E-state index is 12.7. The molecule has 0 aromatic heterocycles. The molecule has 4 fully saturated rings. The van der Waals surface area contributed by atoms with Crippen LogP contribution in [0.2, 0.25) is 0 Å². The second-order valence-electron chi connectivity index (χ2n) is 8.63. The van der Waals surface area contributed by atoms with E-state index in [1.807, 2.05) is 0 Å². The summed E-state index contributed by atoms with van der Waals surface area (Å²) in [5, 5.41) is 6.60. The minimum absolute atomic E-state index is 0.134. The van der Waals surface area contributed by atoms with Crippen LogP contribution in [-0.2, 0) is 14.8 Å². The van der Waals surface area contributed by atoms with E-state index < -0.39 is 15.3 Å². The minimum atomic E-state index is -3.41. The van der Waals surface area contributed by atoms with Crippen molar-refractivity contribution in [1.82, 2.24) is 24.7 Å². The third-order valence-corrected chi connectivity index (χ3v) is 9.15. The molecule has 0 radical (unpaired) electrons. The van der Waals surface area contributed by atoms with Crippen molar-refractivity contribution in [3.05, 3.63) is 0 Å². The summed E-state index contributed by atoms with van der Waals surface area (Å²) in [7, 11) is -3.41. The minimum Gasteiger partial charge on any atom is -0.301 e. The number of rotatable bonds is 6. The lowest BCUT2D eigenvalue weighted by Crippen LogP contribution is -2.62. The molecule has 4 rings (SSSR count). The van der Waals surface area contributed by atoms with Crippen LogP contribution in [0.15, 0.2) is 0 Å². The van der Waals surface area contributed by atoms with E-state index in [2.05, 4.69) is 20.4 Å². The summed E-state index contributed by atoms with van der Waals surface area (Å²) in [6.45, 7) is 7.70. The van der Waals surface area contributed by atoms with Crippen LogP contribution in [0.5, 0.6) is 0 Å². The molecule has 0 spiro atoms. The summed E-state index contributed by atoms with van der Waals surface area (Å²) >= 11 is 0. The van der Waals surface area contributed by atoms with Crippen LogP contribution in [-0.4, -0.2) is 92.3 Å². The van der Waals surface area contributed by atoms with Gasteiger partial charge < -0.3 is 4.90 Å². The first-order valence-corrected chi connectivity index (χ1v) is 12.6. The molecule has 4 aliphatic rings. The van der Waals surface area contributed by atoms with Crippen LogP contribution in [0.1, 0.15) is 44.9 Å². The van der Waals surface area contributed by atoms with E-state index in [4.69, 9.17) is 0 Å². The second-order valence-corrected chi connectivity index (χ2v) is 10.7. The zero-order chi connectivity index (χ0) is 19.6. The largest absolute Gasteiger partial charge is 0.301 e. The number of nitrogens with one attached hydrogen (secondary N) is 2. The lowest BCUT2D eigenvalue weighted by molar-refractivity contribution is -0.129. The average molecular weight is 414 g/mol. The van der Waals surface area contributed by atoms with Gasteiger partial charge in [0.15, 0.2) is 0 Å². The Morgan fingerprint density at radius 3 is 2.29 bits per heavy atom. The smallest absolute Gasteiger partial charge is 0.241 e. The van der Waals surface area contributed by atoms with Gasteiger partial charge in [0.1, 0.15) is 6.29 Å². The molecule has 1 saturated carbocycles. The van der Waals surface area contributed by atoms with Crippen molar-refractivity contribution < 1.29 is 13.2 Å². The maximum Gasteiger partial charge on any atom is 0.241 e. The van der Waals surface area contributed by atoms with Crippen molar-refractivity contribution in [1.29, 1.82) is 0 Å². The Balaban J connectivity index is 1.18. The monoisotopic (exact) mass is 413 g/mol. The van der Waals surface area contributed by atoms with Crippen LogP contribution in [0, 0.1) is 5.92 Å². The quantitative estimate of drug-likeness (QED) is 0.592. The van der Waals surface area contributed by atoms with Crippen molar-refractivity contribution >= 4 is 15.9 Å². The standard InChI is InChI=1S/C19H35N5O3S/c25-18-16-6-1-2-7-17(16)28(26,27)24(18)11-4-3-10-22-12-14-23(15-13-22)19-20-8-5-9-21-19/h16-17,19-21H,1-15H2. The summed E-state index contributed by atoms with van der Waals surface area (Å²) in [4.78, 5) is 17.5. The molecule has 3 saturated heterocycles. The average Bonchev–Trinajstić information content (AvgIpc) is 2.93. The molecule has 2 atom stereocenters. The molecule has 3 aliphatic heterocycles. The van der Waals surface area contributed by atoms with Crippen LogP contribution >= 0.6 is 0 Å². The SMILES string of the molecule is O=C1C2CCCCC2S(=O)(=O)N1CCCCN1CCN(C2NCCCN2)CC1. The highest BCUT2D eigenvalue weighted by atomic mass is 32.2. The van der Waals surface area contributed by atoms with Gasteiger partial charge in [0.25, 0.3) is 0 Å². The van der Waals surface area contributed by atoms with E-state index >= 15 is 0 Å². The van der Waals surface area contributed by atoms with Crippen molar-refractivity contribution in [3.8, 4) is 0 Å². The molecule has 0 bridgehead atoms. The fraction of sp³-hybridized carbons (Fsp3) is 0.947. The number of piperazine rings is 1. The van der Waals surface area contributed by atoms with Crippen molar-refractivity contribution in [2.24, 2.45) is 5.92 Å². The van der Waals surface area contributed by atoms with Crippen molar-refractivity contribution in [3.63, 3.8) is 0 Å². The molecule has 1 amide bonds. The molecular weight excluding hydrogens is 378 g/mol. The number of carbonyl (C=O) groups excluding carboxylic acids is 1. The van der Waals surface area contributed by atoms with Crippen LogP contribution < -0.4 is 10.6 Å². The second kappa shape index (κ2) is 8.95. The number of hydrogen-bond acceptors (Lipinski definition) is 7. The van der Waals surface area contributed by atoms with E-state index in [9.17, 15) is 13.2 Å².